The first-order chi connectivity index (χ1) is 8.67. The average Bonchev–Trinajstić information content (AvgIpc) is 2.35. The lowest BCUT2D eigenvalue weighted by Gasteiger charge is -2.40. The molecule has 1 aromatic rings. The van der Waals surface area contributed by atoms with E-state index < -0.39 is 0 Å². The van der Waals surface area contributed by atoms with Crippen LogP contribution in [0.25, 0.3) is 0 Å². The number of nitrogens with two attached hydrogens (primary N) is 1. The Morgan fingerprint density at radius 3 is 2.44 bits per heavy atom. The van der Waals surface area contributed by atoms with E-state index in [1.165, 1.54) is 12.0 Å². The summed E-state index contributed by atoms with van der Waals surface area (Å²) in [4.78, 5) is 12.0. The maximum Gasteiger partial charge on any atom is 0.224 e. The minimum atomic E-state index is 0.0768. The second-order valence-corrected chi connectivity index (χ2v) is 5.33. The van der Waals surface area contributed by atoms with E-state index in [0.717, 1.165) is 24.9 Å². The molecule has 1 aromatic carbocycles. The van der Waals surface area contributed by atoms with Crippen molar-refractivity contribution in [2.24, 2.45) is 11.1 Å². The molecule has 1 fully saturated rings. The van der Waals surface area contributed by atoms with E-state index in [4.69, 9.17) is 5.73 Å². The molecule has 0 heterocycles. The molecule has 1 amide bonds. The fourth-order valence-corrected chi connectivity index (χ4v) is 2.50. The SMILES string of the molecule is CCc1ccc(NC(=O)CC2(CN)CCC2)cc1. The molecule has 0 saturated heterocycles. The summed E-state index contributed by atoms with van der Waals surface area (Å²) in [5.41, 5.74) is 8.01. The lowest BCUT2D eigenvalue weighted by atomic mass is 9.66. The van der Waals surface area contributed by atoms with Gasteiger partial charge >= 0.3 is 0 Å². The molecule has 1 saturated carbocycles. The van der Waals surface area contributed by atoms with Gasteiger partial charge in [-0.05, 0) is 48.9 Å². The third kappa shape index (κ3) is 2.91. The zero-order valence-corrected chi connectivity index (χ0v) is 11.0. The molecule has 1 aliphatic carbocycles. The van der Waals surface area contributed by atoms with Gasteiger partial charge in [0.05, 0.1) is 0 Å². The van der Waals surface area contributed by atoms with Crippen molar-refractivity contribution in [3.05, 3.63) is 29.8 Å². The lowest BCUT2D eigenvalue weighted by molar-refractivity contribution is -0.119. The number of hydrogen-bond acceptors (Lipinski definition) is 2. The highest BCUT2D eigenvalue weighted by Crippen LogP contribution is 2.43. The summed E-state index contributed by atoms with van der Waals surface area (Å²) in [6, 6.07) is 8.04. The van der Waals surface area contributed by atoms with Gasteiger partial charge in [0.25, 0.3) is 0 Å². The van der Waals surface area contributed by atoms with Crippen LogP contribution >= 0.6 is 0 Å². The van der Waals surface area contributed by atoms with Crippen LogP contribution in [0.1, 0.15) is 38.2 Å². The first kappa shape index (κ1) is 13.1. The third-order valence-corrected chi connectivity index (χ3v) is 4.03. The number of carbonyl (C=O) groups is 1. The van der Waals surface area contributed by atoms with Crippen molar-refractivity contribution in [3.63, 3.8) is 0 Å². The second-order valence-electron chi connectivity index (χ2n) is 5.33. The molecule has 2 rings (SSSR count). The van der Waals surface area contributed by atoms with E-state index in [-0.39, 0.29) is 11.3 Å². The Hall–Kier alpha value is -1.35. The van der Waals surface area contributed by atoms with Gasteiger partial charge in [0.2, 0.25) is 5.91 Å². The van der Waals surface area contributed by atoms with Crippen molar-refractivity contribution in [1.29, 1.82) is 0 Å². The molecule has 3 nitrogen and oxygen atoms in total. The van der Waals surface area contributed by atoms with Crippen molar-refractivity contribution >= 4 is 11.6 Å². The first-order valence-electron chi connectivity index (χ1n) is 6.76. The molecule has 98 valence electrons. The van der Waals surface area contributed by atoms with E-state index in [1.807, 2.05) is 12.1 Å². The summed E-state index contributed by atoms with van der Waals surface area (Å²) in [7, 11) is 0. The van der Waals surface area contributed by atoms with Crippen molar-refractivity contribution in [2.45, 2.75) is 39.0 Å². The monoisotopic (exact) mass is 246 g/mol. The molecular weight excluding hydrogens is 224 g/mol. The smallest absolute Gasteiger partial charge is 0.224 e. The van der Waals surface area contributed by atoms with Gasteiger partial charge in [-0.3, -0.25) is 4.79 Å². The van der Waals surface area contributed by atoms with Crippen LogP contribution < -0.4 is 11.1 Å². The highest BCUT2D eigenvalue weighted by molar-refractivity contribution is 5.91. The van der Waals surface area contributed by atoms with Gasteiger partial charge in [0.1, 0.15) is 0 Å². The van der Waals surface area contributed by atoms with Crippen molar-refractivity contribution in [2.75, 3.05) is 11.9 Å². The molecule has 3 N–H and O–H groups in total. The molecule has 0 unspecified atom stereocenters. The van der Waals surface area contributed by atoms with Crippen LogP contribution in [0, 0.1) is 5.41 Å². The van der Waals surface area contributed by atoms with Crippen molar-refractivity contribution in [3.8, 4) is 0 Å². The third-order valence-electron chi connectivity index (χ3n) is 4.03. The van der Waals surface area contributed by atoms with Crippen LogP contribution in [0.4, 0.5) is 5.69 Å². The van der Waals surface area contributed by atoms with Crippen molar-refractivity contribution < 1.29 is 4.79 Å². The van der Waals surface area contributed by atoms with E-state index in [0.29, 0.717) is 13.0 Å². The molecule has 0 radical (unpaired) electrons. The molecule has 18 heavy (non-hydrogen) atoms. The highest BCUT2D eigenvalue weighted by Gasteiger charge is 2.37. The number of rotatable bonds is 5. The van der Waals surface area contributed by atoms with Gasteiger partial charge in [-0.25, -0.2) is 0 Å². The maximum atomic E-state index is 12.0. The lowest BCUT2D eigenvalue weighted by Crippen LogP contribution is -2.40. The molecule has 3 heteroatoms. The molecule has 0 spiro atoms. The number of nitrogens with one attached hydrogen (secondary N) is 1. The number of benzene rings is 1. The van der Waals surface area contributed by atoms with Crippen LogP contribution in [-0.2, 0) is 11.2 Å². The van der Waals surface area contributed by atoms with Gasteiger partial charge in [0.15, 0.2) is 0 Å². The molecule has 0 atom stereocenters. The Kier molecular flexibility index (Phi) is 4.02. The Morgan fingerprint density at radius 1 is 1.33 bits per heavy atom. The van der Waals surface area contributed by atoms with Crippen LogP contribution in [0.15, 0.2) is 24.3 Å². The van der Waals surface area contributed by atoms with Crippen molar-refractivity contribution in [1.82, 2.24) is 0 Å². The Bertz CT molecular complexity index is 401. The summed E-state index contributed by atoms with van der Waals surface area (Å²) in [5, 5.41) is 2.96. The second kappa shape index (κ2) is 5.53. The highest BCUT2D eigenvalue weighted by atomic mass is 16.1. The van der Waals surface area contributed by atoms with E-state index in [2.05, 4.69) is 24.4 Å². The van der Waals surface area contributed by atoms with Gasteiger partial charge in [-0.15, -0.1) is 0 Å². The Morgan fingerprint density at radius 2 is 2.00 bits per heavy atom. The normalized spacial score (nSPS) is 17.0. The number of hydrogen-bond donors (Lipinski definition) is 2. The number of amides is 1. The Labute approximate surface area is 109 Å². The first-order valence-corrected chi connectivity index (χ1v) is 6.76. The van der Waals surface area contributed by atoms with Gasteiger partial charge in [-0.1, -0.05) is 25.5 Å². The van der Waals surface area contributed by atoms with Gasteiger partial charge in [-0.2, -0.15) is 0 Å². The zero-order chi connectivity index (χ0) is 13.0. The molecule has 1 aliphatic rings. The van der Waals surface area contributed by atoms with Gasteiger partial charge in [0, 0.05) is 12.1 Å². The largest absolute Gasteiger partial charge is 0.330 e. The molecule has 0 aliphatic heterocycles. The van der Waals surface area contributed by atoms with Crippen LogP contribution in [0.2, 0.25) is 0 Å². The van der Waals surface area contributed by atoms with Crippen LogP contribution in [-0.4, -0.2) is 12.5 Å². The number of anilines is 1. The summed E-state index contributed by atoms with van der Waals surface area (Å²) < 4.78 is 0. The quantitative estimate of drug-likeness (QED) is 0.839. The fraction of sp³-hybridized carbons (Fsp3) is 0.533. The predicted molar refractivity (Wildman–Crippen MR) is 74.4 cm³/mol. The minimum Gasteiger partial charge on any atom is -0.330 e. The van der Waals surface area contributed by atoms with E-state index >= 15 is 0 Å². The van der Waals surface area contributed by atoms with Crippen LogP contribution in [0.3, 0.4) is 0 Å². The molecular formula is C15H22N2O. The summed E-state index contributed by atoms with van der Waals surface area (Å²) in [5.74, 6) is 0.0874. The average molecular weight is 246 g/mol. The van der Waals surface area contributed by atoms with Gasteiger partial charge < -0.3 is 11.1 Å². The number of carbonyl (C=O) groups excluding carboxylic acids is 1. The Balaban J connectivity index is 1.90. The summed E-state index contributed by atoms with van der Waals surface area (Å²) >= 11 is 0. The maximum absolute atomic E-state index is 12.0. The van der Waals surface area contributed by atoms with E-state index in [9.17, 15) is 4.79 Å². The molecule has 0 bridgehead atoms. The van der Waals surface area contributed by atoms with E-state index in [1.54, 1.807) is 0 Å². The summed E-state index contributed by atoms with van der Waals surface area (Å²) in [6.07, 6.45) is 4.95. The zero-order valence-electron chi connectivity index (χ0n) is 11.0. The topological polar surface area (TPSA) is 55.1 Å². The molecule has 0 aromatic heterocycles. The van der Waals surface area contributed by atoms with Crippen LogP contribution in [0.5, 0.6) is 0 Å². The minimum absolute atomic E-state index is 0.0768. The standard InChI is InChI=1S/C15H22N2O/c1-2-12-4-6-13(7-5-12)17-14(18)10-15(11-16)8-3-9-15/h4-7H,2-3,8-11,16H2,1H3,(H,17,18). The summed E-state index contributed by atoms with van der Waals surface area (Å²) in [6.45, 7) is 2.74. The predicted octanol–water partition coefficient (Wildman–Crippen LogP) is 2.71. The number of aryl methyl sites for hydroxylation is 1. The fourth-order valence-electron chi connectivity index (χ4n) is 2.50.